The van der Waals surface area contributed by atoms with Crippen LogP contribution in [0.15, 0.2) is 89.8 Å². The van der Waals surface area contributed by atoms with Crippen molar-refractivity contribution in [3.8, 4) is 17.2 Å². The molecule has 0 radical (unpaired) electrons. The molecule has 0 spiro atoms. The number of amides is 1. The molecule has 8 nitrogen and oxygen atoms in total. The minimum Gasteiger partial charge on any atom is -0.493 e. The topological polar surface area (TPSA) is 94.2 Å². The highest BCUT2D eigenvalue weighted by atomic mass is 35.5. The predicted molar refractivity (Wildman–Crippen MR) is 148 cm³/mol. The number of nitrogens with one attached hydrogen (secondary N) is 1. The summed E-state index contributed by atoms with van der Waals surface area (Å²) in [6, 6.07) is 24.1. The highest BCUT2D eigenvalue weighted by Crippen LogP contribution is 2.32. The fraction of sp³-hybridized carbons (Fsp3) is 0.179. The largest absolute Gasteiger partial charge is 0.493 e. The SMILES string of the molecule is COc1ccc(S(=O)(=O)N(CC(=O)NCCOc2ccc3ccccc3c2)c2ccc(Cl)cc2)cc1OC. The number of methoxy groups -OCH3 is 2. The molecule has 0 fully saturated rings. The van der Waals surface area contributed by atoms with Gasteiger partial charge in [0.05, 0.1) is 31.3 Å². The van der Waals surface area contributed by atoms with E-state index in [1.54, 1.807) is 12.1 Å². The van der Waals surface area contributed by atoms with Crippen molar-refractivity contribution >= 4 is 44.0 Å². The van der Waals surface area contributed by atoms with E-state index in [9.17, 15) is 13.2 Å². The van der Waals surface area contributed by atoms with Crippen LogP contribution >= 0.6 is 11.6 Å². The lowest BCUT2D eigenvalue weighted by Gasteiger charge is -2.24. The molecule has 38 heavy (non-hydrogen) atoms. The Morgan fingerprint density at radius 3 is 2.29 bits per heavy atom. The third kappa shape index (κ3) is 6.30. The minimum absolute atomic E-state index is 0.0578. The Labute approximate surface area is 226 Å². The predicted octanol–water partition coefficient (Wildman–Crippen LogP) is 4.90. The number of hydrogen-bond donors (Lipinski definition) is 1. The van der Waals surface area contributed by atoms with Crippen LogP contribution in [0.25, 0.3) is 10.8 Å². The summed E-state index contributed by atoms with van der Waals surface area (Å²) < 4.78 is 44.5. The van der Waals surface area contributed by atoms with Crippen LogP contribution < -0.4 is 23.8 Å². The van der Waals surface area contributed by atoms with Crippen molar-refractivity contribution in [2.45, 2.75) is 4.90 Å². The van der Waals surface area contributed by atoms with E-state index in [1.807, 2.05) is 42.5 Å². The van der Waals surface area contributed by atoms with E-state index in [2.05, 4.69) is 5.32 Å². The average Bonchev–Trinajstić information content (AvgIpc) is 2.94. The molecule has 0 aliphatic carbocycles. The lowest BCUT2D eigenvalue weighted by molar-refractivity contribution is -0.119. The van der Waals surface area contributed by atoms with Gasteiger partial charge in [0, 0.05) is 11.1 Å². The number of hydrogen-bond acceptors (Lipinski definition) is 6. The van der Waals surface area contributed by atoms with Crippen LogP contribution in [-0.4, -0.2) is 48.2 Å². The number of carbonyl (C=O) groups excluding carboxylic acids is 1. The van der Waals surface area contributed by atoms with Gasteiger partial charge in [-0.1, -0.05) is 41.9 Å². The highest BCUT2D eigenvalue weighted by molar-refractivity contribution is 7.92. The summed E-state index contributed by atoms with van der Waals surface area (Å²) in [6.45, 7) is -0.0434. The monoisotopic (exact) mass is 554 g/mol. The van der Waals surface area contributed by atoms with Gasteiger partial charge in [-0.25, -0.2) is 8.42 Å². The first-order chi connectivity index (χ1) is 18.3. The van der Waals surface area contributed by atoms with E-state index in [4.69, 9.17) is 25.8 Å². The fourth-order valence-corrected chi connectivity index (χ4v) is 5.39. The number of carbonyl (C=O) groups is 1. The van der Waals surface area contributed by atoms with Gasteiger partial charge in [0.25, 0.3) is 10.0 Å². The molecule has 0 aliphatic heterocycles. The first-order valence-corrected chi connectivity index (χ1v) is 13.5. The molecule has 0 unspecified atom stereocenters. The number of rotatable bonds is 11. The summed E-state index contributed by atoms with van der Waals surface area (Å²) >= 11 is 6.00. The van der Waals surface area contributed by atoms with Crippen LogP contribution in [0.2, 0.25) is 5.02 Å². The number of anilines is 1. The first-order valence-electron chi connectivity index (χ1n) is 11.7. The van der Waals surface area contributed by atoms with Crippen LogP contribution in [-0.2, 0) is 14.8 Å². The molecule has 4 aromatic carbocycles. The average molecular weight is 555 g/mol. The van der Waals surface area contributed by atoms with Crippen LogP contribution in [0.3, 0.4) is 0 Å². The molecular formula is C28H27ClN2O6S. The van der Waals surface area contributed by atoms with Crippen LogP contribution in [0.1, 0.15) is 0 Å². The van der Waals surface area contributed by atoms with Gasteiger partial charge in [-0.3, -0.25) is 9.10 Å². The van der Waals surface area contributed by atoms with Crippen molar-refractivity contribution in [3.63, 3.8) is 0 Å². The molecule has 4 rings (SSSR count). The summed E-state index contributed by atoms with van der Waals surface area (Å²) in [5, 5.41) is 5.31. The number of ether oxygens (including phenoxy) is 3. The molecule has 10 heteroatoms. The van der Waals surface area contributed by atoms with Gasteiger partial charge in [0.1, 0.15) is 18.9 Å². The number of sulfonamides is 1. The van der Waals surface area contributed by atoms with Gasteiger partial charge in [-0.15, -0.1) is 0 Å². The van der Waals surface area contributed by atoms with Crippen LogP contribution in [0.5, 0.6) is 17.2 Å². The molecular weight excluding hydrogens is 528 g/mol. The number of benzene rings is 4. The quantitative estimate of drug-likeness (QED) is 0.265. The Hall–Kier alpha value is -3.95. The minimum atomic E-state index is -4.15. The van der Waals surface area contributed by atoms with Gasteiger partial charge in [-0.2, -0.15) is 0 Å². The van der Waals surface area contributed by atoms with Crippen LogP contribution in [0, 0.1) is 0 Å². The van der Waals surface area contributed by atoms with Gasteiger partial charge in [0.2, 0.25) is 5.91 Å². The Morgan fingerprint density at radius 1 is 0.868 bits per heavy atom. The summed E-state index contributed by atoms with van der Waals surface area (Å²) in [7, 11) is -1.28. The molecule has 0 heterocycles. The van der Waals surface area contributed by atoms with Crippen molar-refractivity contribution in [1.29, 1.82) is 0 Å². The zero-order valence-corrected chi connectivity index (χ0v) is 22.5. The third-order valence-corrected chi connectivity index (χ3v) is 7.78. The standard InChI is InChI=1S/C28H27ClN2O6S/c1-35-26-14-13-25(18-27(26)36-2)38(33,34)31(23-10-8-22(29)9-11-23)19-28(32)30-15-16-37-24-12-7-20-5-3-4-6-21(20)17-24/h3-14,17-18H,15-16,19H2,1-2H3,(H,30,32). The Kier molecular flexibility index (Phi) is 8.60. The second kappa shape index (κ2) is 12.1. The molecule has 1 amide bonds. The highest BCUT2D eigenvalue weighted by Gasteiger charge is 2.28. The molecule has 0 saturated carbocycles. The third-order valence-electron chi connectivity index (χ3n) is 5.76. The lowest BCUT2D eigenvalue weighted by atomic mass is 10.1. The van der Waals surface area contributed by atoms with Gasteiger partial charge in [-0.05, 0) is 59.3 Å². The molecule has 4 aromatic rings. The van der Waals surface area contributed by atoms with E-state index < -0.39 is 22.5 Å². The Balaban J connectivity index is 1.46. The summed E-state index contributed by atoms with van der Waals surface area (Å²) in [5.41, 5.74) is 0.284. The summed E-state index contributed by atoms with van der Waals surface area (Å²) in [5.74, 6) is 0.816. The summed E-state index contributed by atoms with van der Waals surface area (Å²) in [6.07, 6.45) is 0. The maximum atomic E-state index is 13.6. The van der Waals surface area contributed by atoms with E-state index in [-0.39, 0.29) is 29.5 Å². The number of halogens is 1. The second-order valence-electron chi connectivity index (χ2n) is 8.21. The molecule has 198 valence electrons. The van der Waals surface area contributed by atoms with E-state index in [0.717, 1.165) is 15.1 Å². The van der Waals surface area contributed by atoms with Crippen molar-refractivity contribution in [1.82, 2.24) is 5.32 Å². The molecule has 1 N–H and O–H groups in total. The van der Waals surface area contributed by atoms with Crippen molar-refractivity contribution in [3.05, 3.63) is 90.0 Å². The maximum Gasteiger partial charge on any atom is 0.264 e. The van der Waals surface area contributed by atoms with Gasteiger partial charge < -0.3 is 19.5 Å². The normalized spacial score (nSPS) is 11.1. The van der Waals surface area contributed by atoms with E-state index in [1.165, 1.54) is 44.6 Å². The molecule has 0 atom stereocenters. The van der Waals surface area contributed by atoms with Crippen molar-refractivity contribution < 1.29 is 27.4 Å². The zero-order valence-electron chi connectivity index (χ0n) is 20.9. The molecule has 0 saturated heterocycles. The number of nitrogens with zero attached hydrogens (tertiary/aromatic N) is 1. The maximum absolute atomic E-state index is 13.6. The Morgan fingerprint density at radius 2 is 1.58 bits per heavy atom. The molecule has 0 aromatic heterocycles. The summed E-state index contributed by atoms with van der Waals surface area (Å²) in [4.78, 5) is 12.8. The van der Waals surface area contributed by atoms with Crippen LogP contribution in [0.4, 0.5) is 5.69 Å². The molecule has 0 bridgehead atoms. The van der Waals surface area contributed by atoms with E-state index >= 15 is 0 Å². The van der Waals surface area contributed by atoms with E-state index in [0.29, 0.717) is 16.5 Å². The molecule has 0 aliphatic rings. The lowest BCUT2D eigenvalue weighted by Crippen LogP contribution is -2.41. The number of fused-ring (bicyclic) bond motifs is 1. The second-order valence-corrected chi connectivity index (χ2v) is 10.5. The van der Waals surface area contributed by atoms with Crippen molar-refractivity contribution in [2.75, 3.05) is 38.2 Å². The first kappa shape index (κ1) is 27.1. The Bertz CT molecular complexity index is 1530. The van der Waals surface area contributed by atoms with Gasteiger partial charge >= 0.3 is 0 Å². The van der Waals surface area contributed by atoms with Crippen molar-refractivity contribution in [2.24, 2.45) is 0 Å². The van der Waals surface area contributed by atoms with Gasteiger partial charge in [0.15, 0.2) is 11.5 Å². The zero-order chi connectivity index (χ0) is 27.1. The smallest absolute Gasteiger partial charge is 0.264 e. The fourth-order valence-electron chi connectivity index (χ4n) is 3.83.